The highest BCUT2D eigenvalue weighted by molar-refractivity contribution is 6.02. The number of rotatable bonds is 10. The first-order valence-corrected chi connectivity index (χ1v) is 13.3. The van der Waals surface area contributed by atoms with Crippen molar-refractivity contribution < 1.29 is 29.0 Å². The molecule has 3 aliphatic rings. The van der Waals surface area contributed by atoms with Gasteiger partial charge in [-0.1, -0.05) is 30.3 Å². The van der Waals surface area contributed by atoms with Gasteiger partial charge in [0.2, 0.25) is 17.7 Å². The predicted molar refractivity (Wildman–Crippen MR) is 140 cm³/mol. The number of nitrogens with zero attached hydrogens (tertiary/aromatic N) is 1. The molecule has 3 fully saturated rings. The van der Waals surface area contributed by atoms with Crippen molar-refractivity contribution in [3.63, 3.8) is 0 Å². The van der Waals surface area contributed by atoms with Gasteiger partial charge >= 0.3 is 0 Å². The third-order valence-electron chi connectivity index (χ3n) is 8.11. The van der Waals surface area contributed by atoms with E-state index in [-0.39, 0.29) is 30.9 Å². The Bertz CT molecular complexity index is 1190. The van der Waals surface area contributed by atoms with Crippen LogP contribution in [-0.4, -0.2) is 64.7 Å². The van der Waals surface area contributed by atoms with Crippen molar-refractivity contribution in [3.05, 3.63) is 60.2 Å². The highest BCUT2D eigenvalue weighted by Crippen LogP contribution is 2.63. The van der Waals surface area contributed by atoms with Gasteiger partial charge in [0.25, 0.3) is 0 Å². The summed E-state index contributed by atoms with van der Waals surface area (Å²) in [5.74, 6) is -1.71. The Morgan fingerprint density at radius 3 is 2.53 bits per heavy atom. The highest BCUT2D eigenvalue weighted by Gasteiger charge is 2.77. The number of amides is 3. The fraction of sp³-hybridized carbons (Fsp3) is 0.483. The standard InChI is InChI=1S/C29H35N3O6/c1-3-37-21-12-10-20(11-13-21)31-25(34)22-23-27(36)32(16-7-17-33)24(29(23)15-14-28(22,2)38-29)26(35)30-18-19-8-5-4-6-9-19/h4-6,8-13,22-24,33H,3,7,14-18H2,1-2H3,(H,30,35)(H,31,34)/t22-,23-,24?,28+,29?/m0/s1. The number of anilines is 1. The van der Waals surface area contributed by atoms with Crippen LogP contribution in [0.25, 0.3) is 0 Å². The van der Waals surface area contributed by atoms with E-state index in [0.717, 1.165) is 5.56 Å². The maximum atomic E-state index is 13.9. The smallest absolute Gasteiger partial charge is 0.246 e. The topological polar surface area (TPSA) is 117 Å². The van der Waals surface area contributed by atoms with Crippen molar-refractivity contribution in [2.45, 2.75) is 56.9 Å². The summed E-state index contributed by atoms with van der Waals surface area (Å²) in [6.45, 7) is 4.73. The van der Waals surface area contributed by atoms with Crippen LogP contribution in [0.4, 0.5) is 5.69 Å². The molecule has 9 heteroatoms. The van der Waals surface area contributed by atoms with Crippen LogP contribution < -0.4 is 15.4 Å². The molecule has 5 atom stereocenters. The van der Waals surface area contributed by atoms with Gasteiger partial charge in [-0.15, -0.1) is 0 Å². The van der Waals surface area contributed by atoms with E-state index in [9.17, 15) is 19.5 Å². The van der Waals surface area contributed by atoms with E-state index in [0.29, 0.717) is 43.9 Å². The normalized spacial score (nSPS) is 29.3. The number of aliphatic hydroxyl groups excluding tert-OH is 1. The molecular formula is C29H35N3O6. The van der Waals surface area contributed by atoms with Crippen LogP contribution in [0.1, 0.15) is 38.7 Å². The molecular weight excluding hydrogens is 486 g/mol. The Kier molecular flexibility index (Phi) is 7.15. The van der Waals surface area contributed by atoms with E-state index in [4.69, 9.17) is 9.47 Å². The Hall–Kier alpha value is -3.43. The molecule has 0 radical (unpaired) electrons. The third-order valence-corrected chi connectivity index (χ3v) is 8.11. The molecule has 5 rings (SSSR count). The summed E-state index contributed by atoms with van der Waals surface area (Å²) in [5.41, 5.74) is -0.421. The second kappa shape index (κ2) is 10.4. The Balaban J connectivity index is 1.41. The third kappa shape index (κ3) is 4.43. The zero-order valence-corrected chi connectivity index (χ0v) is 21.8. The molecule has 3 N–H and O–H groups in total. The lowest BCUT2D eigenvalue weighted by molar-refractivity contribution is -0.145. The van der Waals surface area contributed by atoms with Crippen LogP contribution in [0.2, 0.25) is 0 Å². The lowest BCUT2D eigenvalue weighted by Crippen LogP contribution is -2.55. The second-order valence-corrected chi connectivity index (χ2v) is 10.5. The molecule has 0 aliphatic carbocycles. The first-order valence-electron chi connectivity index (χ1n) is 13.3. The first-order chi connectivity index (χ1) is 18.3. The van der Waals surface area contributed by atoms with Crippen molar-refractivity contribution >= 4 is 23.4 Å². The zero-order chi connectivity index (χ0) is 26.9. The molecule has 38 heavy (non-hydrogen) atoms. The van der Waals surface area contributed by atoms with Gasteiger partial charge in [0, 0.05) is 25.4 Å². The van der Waals surface area contributed by atoms with Gasteiger partial charge < -0.3 is 30.1 Å². The molecule has 9 nitrogen and oxygen atoms in total. The molecule has 2 bridgehead atoms. The molecule has 3 aliphatic heterocycles. The van der Waals surface area contributed by atoms with E-state index in [1.54, 1.807) is 24.3 Å². The maximum absolute atomic E-state index is 13.9. The number of carbonyl (C=O) groups is 3. The van der Waals surface area contributed by atoms with Crippen LogP contribution in [0.3, 0.4) is 0 Å². The average molecular weight is 522 g/mol. The molecule has 2 aromatic carbocycles. The highest BCUT2D eigenvalue weighted by atomic mass is 16.5. The first kappa shape index (κ1) is 26.2. The summed E-state index contributed by atoms with van der Waals surface area (Å²) in [5, 5.41) is 15.4. The van der Waals surface area contributed by atoms with Crippen molar-refractivity contribution in [2.24, 2.45) is 11.8 Å². The lowest BCUT2D eigenvalue weighted by atomic mass is 9.66. The largest absolute Gasteiger partial charge is 0.494 e. The van der Waals surface area contributed by atoms with Crippen molar-refractivity contribution in [1.29, 1.82) is 0 Å². The zero-order valence-electron chi connectivity index (χ0n) is 21.8. The van der Waals surface area contributed by atoms with E-state index < -0.39 is 29.1 Å². The Morgan fingerprint density at radius 1 is 1.11 bits per heavy atom. The average Bonchev–Trinajstić information content (AvgIpc) is 3.48. The summed E-state index contributed by atoms with van der Waals surface area (Å²) < 4.78 is 12.1. The number of aliphatic hydroxyl groups is 1. The molecule has 2 aromatic rings. The number of nitrogens with one attached hydrogen (secondary N) is 2. The number of hydrogen-bond acceptors (Lipinski definition) is 6. The predicted octanol–water partition coefficient (Wildman–Crippen LogP) is 2.49. The summed E-state index contributed by atoms with van der Waals surface area (Å²) in [6.07, 6.45) is 1.40. The lowest BCUT2D eigenvalue weighted by Gasteiger charge is -2.33. The number of benzene rings is 2. The molecule has 2 unspecified atom stereocenters. The minimum Gasteiger partial charge on any atom is -0.494 e. The van der Waals surface area contributed by atoms with Gasteiger partial charge in [-0.25, -0.2) is 0 Å². The number of hydrogen-bond donors (Lipinski definition) is 3. The van der Waals surface area contributed by atoms with Gasteiger partial charge in [0.05, 0.1) is 24.0 Å². The summed E-state index contributed by atoms with van der Waals surface area (Å²) in [7, 11) is 0. The van der Waals surface area contributed by atoms with Crippen molar-refractivity contribution in [3.8, 4) is 5.75 Å². The van der Waals surface area contributed by atoms with E-state index >= 15 is 0 Å². The fourth-order valence-electron chi connectivity index (χ4n) is 6.51. The molecule has 0 aromatic heterocycles. The van der Waals surface area contributed by atoms with Crippen LogP contribution in [0.15, 0.2) is 54.6 Å². The minimum atomic E-state index is -1.09. The minimum absolute atomic E-state index is 0.111. The number of likely N-dealkylation sites (tertiary alicyclic amines) is 1. The van der Waals surface area contributed by atoms with E-state index in [1.165, 1.54) is 4.90 Å². The van der Waals surface area contributed by atoms with E-state index in [2.05, 4.69) is 10.6 Å². The van der Waals surface area contributed by atoms with Crippen LogP contribution in [0, 0.1) is 11.8 Å². The quantitative estimate of drug-likeness (QED) is 0.442. The molecule has 202 valence electrons. The molecule has 0 saturated carbocycles. The monoisotopic (exact) mass is 521 g/mol. The number of ether oxygens (including phenoxy) is 2. The number of carbonyl (C=O) groups excluding carboxylic acids is 3. The van der Waals surface area contributed by atoms with Crippen molar-refractivity contribution in [1.82, 2.24) is 10.2 Å². The van der Waals surface area contributed by atoms with Crippen molar-refractivity contribution in [2.75, 3.05) is 25.1 Å². The van der Waals surface area contributed by atoms with Crippen LogP contribution in [0.5, 0.6) is 5.75 Å². The van der Waals surface area contributed by atoms with Gasteiger partial charge in [-0.3, -0.25) is 14.4 Å². The van der Waals surface area contributed by atoms with Gasteiger partial charge in [-0.2, -0.15) is 0 Å². The van der Waals surface area contributed by atoms with E-state index in [1.807, 2.05) is 44.2 Å². The van der Waals surface area contributed by atoms with Gasteiger partial charge in [0.15, 0.2) is 0 Å². The second-order valence-electron chi connectivity index (χ2n) is 10.5. The Morgan fingerprint density at radius 2 is 1.84 bits per heavy atom. The Labute approximate surface area is 222 Å². The van der Waals surface area contributed by atoms with Gasteiger partial charge in [-0.05, 0) is 62.9 Å². The fourth-order valence-corrected chi connectivity index (χ4v) is 6.51. The molecule has 3 heterocycles. The molecule has 3 amide bonds. The van der Waals surface area contributed by atoms with Crippen LogP contribution >= 0.6 is 0 Å². The summed E-state index contributed by atoms with van der Waals surface area (Å²) in [4.78, 5) is 42.7. The van der Waals surface area contributed by atoms with Crippen LogP contribution in [-0.2, 0) is 25.7 Å². The molecule has 1 spiro atoms. The number of fused-ring (bicyclic) bond motifs is 1. The summed E-state index contributed by atoms with van der Waals surface area (Å²) >= 11 is 0. The molecule has 3 saturated heterocycles. The maximum Gasteiger partial charge on any atom is 0.246 e. The summed E-state index contributed by atoms with van der Waals surface area (Å²) in [6, 6.07) is 15.8. The van der Waals surface area contributed by atoms with Gasteiger partial charge in [0.1, 0.15) is 17.4 Å². The SMILES string of the molecule is CCOc1ccc(NC(=O)[C@@H]2[C@H]3C(=O)N(CCCO)C(C(=O)NCc4ccccc4)C34CC[C@@]2(C)O4)cc1.